The van der Waals surface area contributed by atoms with Crippen LogP contribution in [-0.2, 0) is 12.6 Å². The highest BCUT2D eigenvalue weighted by Crippen LogP contribution is 2.43. The van der Waals surface area contributed by atoms with Crippen LogP contribution in [0.4, 0.5) is 13.2 Å². The van der Waals surface area contributed by atoms with Crippen LogP contribution in [0.25, 0.3) is 0 Å². The van der Waals surface area contributed by atoms with Gasteiger partial charge in [-0.25, -0.2) is 0 Å². The summed E-state index contributed by atoms with van der Waals surface area (Å²) in [6.07, 6.45) is 19.0. The molecular weight excluding hydrogens is 393 g/mol. The maximum Gasteiger partial charge on any atom is 0.416 e. The third-order valence-corrected chi connectivity index (χ3v) is 7.94. The van der Waals surface area contributed by atoms with Gasteiger partial charge < -0.3 is 0 Å². The van der Waals surface area contributed by atoms with Gasteiger partial charge in [-0.3, -0.25) is 0 Å². The molecule has 1 aromatic rings. The molecule has 2 fully saturated rings. The molecular formula is C28H41F3. The van der Waals surface area contributed by atoms with E-state index in [1.807, 2.05) is 0 Å². The second kappa shape index (κ2) is 12.1. The molecule has 1 aromatic carbocycles. The van der Waals surface area contributed by atoms with Crippen LogP contribution in [0.5, 0.6) is 0 Å². The molecule has 3 heteroatoms. The molecule has 2 aliphatic rings. The van der Waals surface area contributed by atoms with Gasteiger partial charge in [-0.2, -0.15) is 13.2 Å². The summed E-state index contributed by atoms with van der Waals surface area (Å²) in [5.41, 5.74) is 0.375. The van der Waals surface area contributed by atoms with E-state index in [0.717, 1.165) is 42.1 Å². The van der Waals surface area contributed by atoms with E-state index in [4.69, 9.17) is 0 Å². The van der Waals surface area contributed by atoms with Crippen LogP contribution < -0.4 is 0 Å². The molecule has 0 aromatic heterocycles. The summed E-state index contributed by atoms with van der Waals surface area (Å²) in [5, 5.41) is 0. The molecule has 0 bridgehead atoms. The molecule has 0 spiro atoms. The van der Waals surface area contributed by atoms with Crippen LogP contribution in [0.15, 0.2) is 36.4 Å². The lowest BCUT2D eigenvalue weighted by molar-refractivity contribution is -0.137. The van der Waals surface area contributed by atoms with Gasteiger partial charge >= 0.3 is 6.18 Å². The molecule has 174 valence electrons. The van der Waals surface area contributed by atoms with Crippen molar-refractivity contribution in [3.8, 4) is 0 Å². The number of hydrogen-bond donors (Lipinski definition) is 0. The fourth-order valence-electron chi connectivity index (χ4n) is 5.86. The standard InChI is InChI=1S/C28H41F3/c1-2-3-4-7-22-10-16-25(17-11-22)26-18-12-23(13-19-26)8-5-6-9-24-14-20-27(21-15-24)28(29,30)31/h5-6,14-15,20-23,25-26H,2-4,7-13,16-19H2,1H3/b6-5-. The minimum Gasteiger partial charge on any atom is -0.166 e. The summed E-state index contributed by atoms with van der Waals surface area (Å²) in [7, 11) is 0. The predicted octanol–water partition coefficient (Wildman–Crippen LogP) is 9.39. The van der Waals surface area contributed by atoms with Crippen LogP contribution in [-0.4, -0.2) is 0 Å². The number of hydrogen-bond acceptors (Lipinski definition) is 0. The van der Waals surface area contributed by atoms with Gasteiger partial charge in [0.15, 0.2) is 0 Å². The third-order valence-electron chi connectivity index (χ3n) is 7.94. The molecule has 0 heterocycles. The first-order valence-electron chi connectivity index (χ1n) is 12.8. The van der Waals surface area contributed by atoms with E-state index in [1.54, 1.807) is 12.1 Å². The quantitative estimate of drug-likeness (QED) is 0.268. The zero-order valence-electron chi connectivity index (χ0n) is 19.3. The SMILES string of the molecule is CCCCCC1CCC(C2CCC(C/C=C\Cc3ccc(C(F)(F)F)cc3)CC2)CC1. The highest BCUT2D eigenvalue weighted by Gasteiger charge is 2.31. The van der Waals surface area contributed by atoms with Crippen LogP contribution in [0, 0.1) is 23.7 Å². The van der Waals surface area contributed by atoms with Crippen molar-refractivity contribution < 1.29 is 13.2 Å². The van der Waals surface area contributed by atoms with E-state index in [0.29, 0.717) is 0 Å². The maximum absolute atomic E-state index is 12.6. The first-order chi connectivity index (χ1) is 15.0. The van der Waals surface area contributed by atoms with Crippen molar-refractivity contribution in [2.45, 2.75) is 103 Å². The minimum absolute atomic E-state index is 0.568. The van der Waals surface area contributed by atoms with E-state index in [9.17, 15) is 13.2 Å². The molecule has 0 N–H and O–H groups in total. The highest BCUT2D eigenvalue weighted by atomic mass is 19.4. The van der Waals surface area contributed by atoms with Crippen LogP contribution in [0.3, 0.4) is 0 Å². The second-order valence-corrected chi connectivity index (χ2v) is 10.2. The Morgan fingerprint density at radius 3 is 1.90 bits per heavy atom. The third kappa shape index (κ3) is 7.99. The molecule has 0 saturated heterocycles. The van der Waals surface area contributed by atoms with Crippen molar-refractivity contribution >= 4 is 0 Å². The smallest absolute Gasteiger partial charge is 0.166 e. The second-order valence-electron chi connectivity index (χ2n) is 10.2. The lowest BCUT2D eigenvalue weighted by atomic mass is 9.68. The van der Waals surface area contributed by atoms with E-state index in [1.165, 1.54) is 89.2 Å². The van der Waals surface area contributed by atoms with E-state index in [-0.39, 0.29) is 0 Å². The minimum atomic E-state index is -4.25. The van der Waals surface area contributed by atoms with Gasteiger partial charge in [0.1, 0.15) is 0 Å². The molecule has 2 aliphatic carbocycles. The van der Waals surface area contributed by atoms with Gasteiger partial charge in [0.2, 0.25) is 0 Å². The molecule has 0 atom stereocenters. The Balaban J connectivity index is 1.31. The van der Waals surface area contributed by atoms with Crippen molar-refractivity contribution in [1.29, 1.82) is 0 Å². The zero-order chi connectivity index (χ0) is 22.1. The van der Waals surface area contributed by atoms with Crippen molar-refractivity contribution in [3.63, 3.8) is 0 Å². The van der Waals surface area contributed by atoms with Gasteiger partial charge in [-0.05, 0) is 92.7 Å². The lowest BCUT2D eigenvalue weighted by Crippen LogP contribution is -2.25. The van der Waals surface area contributed by atoms with Crippen LogP contribution in [0.2, 0.25) is 0 Å². The number of allylic oxidation sites excluding steroid dienone is 2. The molecule has 2 saturated carbocycles. The van der Waals surface area contributed by atoms with Crippen LogP contribution >= 0.6 is 0 Å². The van der Waals surface area contributed by atoms with E-state index >= 15 is 0 Å². The van der Waals surface area contributed by atoms with Gasteiger partial charge in [0, 0.05) is 0 Å². The Kier molecular flexibility index (Phi) is 9.53. The average Bonchev–Trinajstić information content (AvgIpc) is 2.78. The molecule has 0 amide bonds. The summed E-state index contributed by atoms with van der Waals surface area (Å²) >= 11 is 0. The maximum atomic E-state index is 12.6. The average molecular weight is 435 g/mol. The topological polar surface area (TPSA) is 0 Å². The highest BCUT2D eigenvalue weighted by molar-refractivity contribution is 5.25. The van der Waals surface area contributed by atoms with Gasteiger partial charge in [-0.1, -0.05) is 69.7 Å². The van der Waals surface area contributed by atoms with E-state index < -0.39 is 11.7 Å². The summed E-state index contributed by atoms with van der Waals surface area (Å²) < 4.78 is 37.9. The number of unbranched alkanes of at least 4 members (excludes halogenated alkanes) is 2. The molecule has 0 nitrogen and oxygen atoms in total. The van der Waals surface area contributed by atoms with Crippen molar-refractivity contribution in [1.82, 2.24) is 0 Å². The molecule has 3 rings (SSSR count). The Hall–Kier alpha value is -1.25. The molecule has 31 heavy (non-hydrogen) atoms. The van der Waals surface area contributed by atoms with Gasteiger partial charge in [0.05, 0.1) is 5.56 Å². The number of halogens is 3. The lowest BCUT2D eigenvalue weighted by Gasteiger charge is -2.37. The summed E-state index contributed by atoms with van der Waals surface area (Å²) in [4.78, 5) is 0. The Morgan fingerprint density at radius 1 is 0.774 bits per heavy atom. The van der Waals surface area contributed by atoms with Crippen LogP contribution in [0.1, 0.15) is 102 Å². The monoisotopic (exact) mass is 434 g/mol. The Labute approximate surface area is 187 Å². The zero-order valence-corrected chi connectivity index (χ0v) is 19.3. The predicted molar refractivity (Wildman–Crippen MR) is 124 cm³/mol. The molecule has 0 unspecified atom stereocenters. The normalized spacial score (nSPS) is 27.6. The van der Waals surface area contributed by atoms with Gasteiger partial charge in [0.25, 0.3) is 0 Å². The first kappa shape index (κ1) is 24.4. The number of rotatable bonds is 9. The first-order valence-corrected chi connectivity index (χ1v) is 12.8. The Bertz CT molecular complexity index is 642. The van der Waals surface area contributed by atoms with E-state index in [2.05, 4.69) is 19.1 Å². The Morgan fingerprint density at radius 2 is 1.35 bits per heavy atom. The number of benzene rings is 1. The fourth-order valence-corrected chi connectivity index (χ4v) is 5.86. The molecule has 0 radical (unpaired) electrons. The summed E-state index contributed by atoms with van der Waals surface area (Å²) in [5.74, 6) is 3.75. The summed E-state index contributed by atoms with van der Waals surface area (Å²) in [6.45, 7) is 2.29. The summed E-state index contributed by atoms with van der Waals surface area (Å²) in [6, 6.07) is 5.56. The van der Waals surface area contributed by atoms with Gasteiger partial charge in [-0.15, -0.1) is 0 Å². The van der Waals surface area contributed by atoms with Crippen molar-refractivity contribution in [2.75, 3.05) is 0 Å². The van der Waals surface area contributed by atoms with Crippen molar-refractivity contribution in [3.05, 3.63) is 47.5 Å². The van der Waals surface area contributed by atoms with Crippen molar-refractivity contribution in [2.24, 2.45) is 23.7 Å². The largest absolute Gasteiger partial charge is 0.416 e. The fraction of sp³-hybridized carbons (Fsp3) is 0.714. The molecule has 0 aliphatic heterocycles. The number of alkyl halides is 3.